The van der Waals surface area contributed by atoms with E-state index < -0.39 is 24.0 Å². The van der Waals surface area contributed by atoms with Gasteiger partial charge in [-0.15, -0.1) is 11.3 Å². The standard InChI is InChI=1S/C32H31Cl2FN6O2S/c1-2-39-10-7-19(8-11-39)18-3-5-20(6-4-18)22-14-24(33)23-16-41(31(43)26(23)27(22)34)29(30(42)38-32-36-9-12-44-32)28-25-13-21(35)15-40(25)17-37-28/h3-6,9,12,14,17,19,21,29H,2,7-8,10-11,13,15-16H2,1H3,(H,36,38,42)/t21-,29?/m1/s1. The number of carbonyl (C=O) groups excluding carboxylic acids is 2. The van der Waals surface area contributed by atoms with E-state index in [0.29, 0.717) is 43.6 Å². The number of carbonyl (C=O) groups is 2. The van der Waals surface area contributed by atoms with Crippen molar-refractivity contribution >= 4 is 51.5 Å². The predicted octanol–water partition coefficient (Wildman–Crippen LogP) is 6.74. The highest BCUT2D eigenvalue weighted by Crippen LogP contribution is 2.44. The van der Waals surface area contributed by atoms with Crippen LogP contribution in [0.2, 0.25) is 10.0 Å². The van der Waals surface area contributed by atoms with Crippen LogP contribution in [0.5, 0.6) is 0 Å². The Morgan fingerprint density at radius 1 is 1.18 bits per heavy atom. The molecule has 2 atom stereocenters. The maximum Gasteiger partial charge on any atom is 0.257 e. The van der Waals surface area contributed by atoms with Crippen molar-refractivity contribution in [3.8, 4) is 11.1 Å². The van der Waals surface area contributed by atoms with Crippen LogP contribution < -0.4 is 5.32 Å². The lowest BCUT2D eigenvalue weighted by atomic mass is 9.88. The fourth-order valence-electron chi connectivity index (χ4n) is 6.75. The van der Waals surface area contributed by atoms with Crippen LogP contribution in [0.4, 0.5) is 9.52 Å². The monoisotopic (exact) mass is 652 g/mol. The molecule has 7 rings (SSSR count). The summed E-state index contributed by atoms with van der Waals surface area (Å²) in [4.78, 5) is 40.5. The van der Waals surface area contributed by atoms with E-state index in [0.717, 1.165) is 38.0 Å². The number of hydrogen-bond acceptors (Lipinski definition) is 6. The molecule has 8 nitrogen and oxygen atoms in total. The minimum Gasteiger partial charge on any atom is -0.331 e. The average molecular weight is 654 g/mol. The van der Waals surface area contributed by atoms with Crippen molar-refractivity contribution in [2.75, 3.05) is 25.0 Å². The van der Waals surface area contributed by atoms with Gasteiger partial charge in [-0.1, -0.05) is 54.4 Å². The number of benzene rings is 2. The third-order valence-electron chi connectivity index (χ3n) is 9.12. The molecule has 228 valence electrons. The van der Waals surface area contributed by atoms with Gasteiger partial charge in [-0.3, -0.25) is 14.9 Å². The van der Waals surface area contributed by atoms with Crippen LogP contribution in [0.15, 0.2) is 48.2 Å². The van der Waals surface area contributed by atoms with Crippen LogP contribution in [0.25, 0.3) is 11.1 Å². The van der Waals surface area contributed by atoms with Crippen molar-refractivity contribution in [3.63, 3.8) is 0 Å². The highest BCUT2D eigenvalue weighted by Gasteiger charge is 2.43. The number of likely N-dealkylation sites (tertiary alicyclic amines) is 1. The molecule has 12 heteroatoms. The van der Waals surface area contributed by atoms with Gasteiger partial charge in [-0.2, -0.15) is 0 Å². The van der Waals surface area contributed by atoms with Crippen molar-refractivity contribution in [2.24, 2.45) is 0 Å². The number of aromatic nitrogens is 3. The number of anilines is 1. The van der Waals surface area contributed by atoms with Gasteiger partial charge in [0.25, 0.3) is 11.8 Å². The summed E-state index contributed by atoms with van der Waals surface area (Å²) in [6.45, 7) is 5.71. The summed E-state index contributed by atoms with van der Waals surface area (Å²) in [6.07, 6.45) is 4.40. The zero-order valence-electron chi connectivity index (χ0n) is 24.1. The molecule has 0 radical (unpaired) electrons. The second-order valence-electron chi connectivity index (χ2n) is 11.6. The van der Waals surface area contributed by atoms with E-state index in [-0.39, 0.29) is 25.1 Å². The van der Waals surface area contributed by atoms with Gasteiger partial charge < -0.3 is 14.4 Å². The first kappa shape index (κ1) is 29.4. The summed E-state index contributed by atoms with van der Waals surface area (Å²) in [5.41, 5.74) is 4.58. The maximum atomic E-state index is 14.4. The van der Waals surface area contributed by atoms with Crippen molar-refractivity contribution in [1.29, 1.82) is 0 Å². The van der Waals surface area contributed by atoms with Crippen LogP contribution in [0.1, 0.15) is 64.6 Å². The number of nitrogens with one attached hydrogen (secondary N) is 1. The normalized spacial score (nSPS) is 19.3. The molecule has 1 fully saturated rings. The zero-order chi connectivity index (χ0) is 30.5. The van der Waals surface area contributed by atoms with Gasteiger partial charge in [0.1, 0.15) is 6.17 Å². The highest BCUT2D eigenvalue weighted by atomic mass is 35.5. The molecular formula is C32H31Cl2FN6O2S. The number of fused-ring (bicyclic) bond motifs is 2. The first-order valence-corrected chi connectivity index (χ1v) is 16.5. The lowest BCUT2D eigenvalue weighted by Gasteiger charge is -2.31. The molecule has 3 aliphatic heterocycles. The molecule has 1 N–H and O–H groups in total. The molecule has 1 unspecified atom stereocenters. The Morgan fingerprint density at radius 3 is 2.66 bits per heavy atom. The SMILES string of the molecule is CCN1CCC(c2ccc(-c3cc(Cl)c4c(c3Cl)C(=O)N(C(C(=O)Nc3nccs3)c3ncn5c3C[C@@H](F)C5)C4)cc2)CC1. The number of piperidine rings is 1. The lowest BCUT2D eigenvalue weighted by molar-refractivity contribution is -0.121. The topological polar surface area (TPSA) is 83.4 Å². The number of hydrogen-bond donors (Lipinski definition) is 1. The molecule has 0 saturated carbocycles. The molecule has 4 aromatic rings. The lowest BCUT2D eigenvalue weighted by Crippen LogP contribution is -2.38. The van der Waals surface area contributed by atoms with E-state index in [1.165, 1.54) is 28.1 Å². The number of imidazole rings is 1. The van der Waals surface area contributed by atoms with Crippen LogP contribution >= 0.6 is 34.5 Å². The number of rotatable bonds is 7. The van der Waals surface area contributed by atoms with Gasteiger partial charge in [0.05, 0.1) is 29.2 Å². The minimum atomic E-state index is -1.13. The minimum absolute atomic E-state index is 0.0592. The van der Waals surface area contributed by atoms with E-state index in [9.17, 15) is 14.0 Å². The summed E-state index contributed by atoms with van der Waals surface area (Å²) < 4.78 is 16.1. The van der Waals surface area contributed by atoms with Crippen LogP contribution in [-0.2, 0) is 24.3 Å². The Hall–Kier alpha value is -3.31. The molecular weight excluding hydrogens is 622 g/mol. The molecule has 2 aromatic carbocycles. The summed E-state index contributed by atoms with van der Waals surface area (Å²) in [6, 6.07) is 9.02. The Balaban J connectivity index is 1.20. The number of nitrogens with zero attached hydrogens (tertiary/aromatic N) is 5. The molecule has 0 spiro atoms. The third-order valence-corrected chi connectivity index (χ3v) is 10.5. The Kier molecular flexibility index (Phi) is 7.95. The predicted molar refractivity (Wildman–Crippen MR) is 170 cm³/mol. The van der Waals surface area contributed by atoms with Gasteiger partial charge in [-0.25, -0.2) is 14.4 Å². The largest absolute Gasteiger partial charge is 0.331 e. The Bertz CT molecular complexity index is 1720. The van der Waals surface area contributed by atoms with Gasteiger partial charge in [0.15, 0.2) is 11.2 Å². The molecule has 5 heterocycles. The maximum absolute atomic E-state index is 14.4. The van der Waals surface area contributed by atoms with Crippen molar-refractivity contribution in [2.45, 2.75) is 57.4 Å². The second kappa shape index (κ2) is 11.9. The highest BCUT2D eigenvalue weighted by molar-refractivity contribution is 7.13. The number of halogens is 3. The Labute approximate surface area is 268 Å². The van der Waals surface area contributed by atoms with Crippen LogP contribution in [0, 0.1) is 0 Å². The molecule has 44 heavy (non-hydrogen) atoms. The molecule has 0 aliphatic carbocycles. The number of thiazole rings is 1. The van der Waals surface area contributed by atoms with Crippen LogP contribution in [-0.4, -0.2) is 62.0 Å². The smallest absolute Gasteiger partial charge is 0.257 e. The number of amides is 2. The second-order valence-corrected chi connectivity index (χ2v) is 13.3. The molecule has 3 aliphatic rings. The van der Waals surface area contributed by atoms with E-state index >= 15 is 0 Å². The summed E-state index contributed by atoms with van der Waals surface area (Å²) in [5.74, 6) is -0.396. The fraction of sp³-hybridized carbons (Fsp3) is 0.375. The first-order chi connectivity index (χ1) is 21.3. The van der Waals surface area contributed by atoms with Gasteiger partial charge in [0, 0.05) is 46.4 Å². The van der Waals surface area contributed by atoms with E-state index in [2.05, 4.69) is 39.2 Å². The molecule has 1 saturated heterocycles. The van der Waals surface area contributed by atoms with Crippen molar-refractivity contribution in [3.05, 3.63) is 86.4 Å². The quantitative estimate of drug-likeness (QED) is 0.239. The molecule has 0 bridgehead atoms. The number of alkyl halides is 1. The van der Waals surface area contributed by atoms with Gasteiger partial charge >= 0.3 is 0 Å². The molecule has 2 amide bonds. The van der Waals surface area contributed by atoms with Gasteiger partial charge in [-0.05, 0) is 55.6 Å². The molecule has 2 aromatic heterocycles. The zero-order valence-corrected chi connectivity index (χ0v) is 26.4. The van der Waals surface area contributed by atoms with E-state index in [4.69, 9.17) is 23.2 Å². The van der Waals surface area contributed by atoms with E-state index in [1.807, 2.05) is 12.1 Å². The third kappa shape index (κ3) is 5.21. The van der Waals surface area contributed by atoms with E-state index in [1.54, 1.807) is 22.2 Å². The average Bonchev–Trinajstić information content (AvgIpc) is 3.82. The Morgan fingerprint density at radius 2 is 1.95 bits per heavy atom. The summed E-state index contributed by atoms with van der Waals surface area (Å²) >= 11 is 15.1. The van der Waals surface area contributed by atoms with Crippen LogP contribution in [0.3, 0.4) is 0 Å². The summed E-state index contributed by atoms with van der Waals surface area (Å²) in [5, 5.41) is 5.62. The summed E-state index contributed by atoms with van der Waals surface area (Å²) in [7, 11) is 0. The first-order valence-electron chi connectivity index (χ1n) is 14.8. The fourth-order valence-corrected chi connectivity index (χ4v) is 7.91. The van der Waals surface area contributed by atoms with Crippen molar-refractivity contribution in [1.82, 2.24) is 24.3 Å². The van der Waals surface area contributed by atoms with Gasteiger partial charge in [0.2, 0.25) is 0 Å². The van der Waals surface area contributed by atoms with Crippen molar-refractivity contribution < 1.29 is 14.0 Å².